The number of nitrogens with zero attached hydrogens (tertiary/aromatic N) is 2. The van der Waals surface area contributed by atoms with Crippen LogP contribution in [0.2, 0.25) is 0 Å². The van der Waals surface area contributed by atoms with Crippen LogP contribution in [0.1, 0.15) is 40.0 Å². The molecule has 0 saturated carbocycles. The summed E-state index contributed by atoms with van der Waals surface area (Å²) in [6.07, 6.45) is 7.29. The number of aryl methyl sites for hydroxylation is 1. The highest BCUT2D eigenvalue weighted by Crippen LogP contribution is 2.24. The Labute approximate surface area is 188 Å². The minimum atomic E-state index is -3.59. The van der Waals surface area contributed by atoms with E-state index in [0.717, 1.165) is 24.1 Å². The van der Waals surface area contributed by atoms with Crippen molar-refractivity contribution < 1.29 is 13.2 Å². The molecule has 4 rings (SSSR count). The van der Waals surface area contributed by atoms with Crippen LogP contribution in [0.5, 0.6) is 0 Å². The van der Waals surface area contributed by atoms with Crippen LogP contribution in [0, 0.1) is 6.92 Å². The summed E-state index contributed by atoms with van der Waals surface area (Å²) in [4.78, 5) is 17.4. The highest BCUT2D eigenvalue weighted by Gasteiger charge is 2.28. The monoisotopic (exact) mass is 447 g/mol. The molecule has 0 atom stereocenters. The summed E-state index contributed by atoms with van der Waals surface area (Å²) in [5.74, 6) is -0.341. The van der Waals surface area contributed by atoms with E-state index in [1.165, 1.54) is 10.4 Å². The first-order valence-electron chi connectivity index (χ1n) is 10.5. The maximum absolute atomic E-state index is 13.0. The predicted octanol–water partition coefficient (Wildman–Crippen LogP) is 4.60. The van der Waals surface area contributed by atoms with Crippen molar-refractivity contribution in [1.82, 2.24) is 9.29 Å². The first kappa shape index (κ1) is 21.9. The molecule has 1 N–H and O–H groups in total. The zero-order valence-corrected chi connectivity index (χ0v) is 18.7. The molecule has 1 aliphatic heterocycles. The molecule has 2 aromatic carbocycles. The fourth-order valence-electron chi connectivity index (χ4n) is 3.66. The second-order valence-electron chi connectivity index (χ2n) is 7.76. The van der Waals surface area contributed by atoms with Crippen molar-refractivity contribution in [2.75, 3.05) is 18.4 Å². The Morgan fingerprint density at radius 2 is 1.81 bits per heavy atom. The molecule has 32 heavy (non-hydrogen) atoms. The Morgan fingerprint density at radius 3 is 2.56 bits per heavy atom. The quantitative estimate of drug-likeness (QED) is 0.599. The maximum atomic E-state index is 13.0. The summed E-state index contributed by atoms with van der Waals surface area (Å²) in [5.41, 5.74) is 3.45. The van der Waals surface area contributed by atoms with E-state index in [1.807, 2.05) is 48.6 Å². The van der Waals surface area contributed by atoms with Crippen molar-refractivity contribution >= 4 is 33.8 Å². The number of hydrogen-bond acceptors (Lipinski definition) is 4. The molecule has 1 fully saturated rings. The highest BCUT2D eigenvalue weighted by molar-refractivity contribution is 7.89. The minimum Gasteiger partial charge on any atom is -0.322 e. The summed E-state index contributed by atoms with van der Waals surface area (Å²) in [7, 11) is -3.59. The van der Waals surface area contributed by atoms with Crippen LogP contribution in [0.4, 0.5) is 5.69 Å². The number of carbonyl (C=O) groups is 1. The van der Waals surface area contributed by atoms with E-state index in [0.29, 0.717) is 29.9 Å². The maximum Gasteiger partial charge on any atom is 0.255 e. The number of rotatable bonds is 6. The summed E-state index contributed by atoms with van der Waals surface area (Å²) in [5, 5.41) is 2.89. The van der Waals surface area contributed by atoms with Gasteiger partial charge in [0.2, 0.25) is 10.0 Å². The lowest BCUT2D eigenvalue weighted by molar-refractivity contribution is 0.102. The van der Waals surface area contributed by atoms with E-state index in [-0.39, 0.29) is 10.8 Å². The number of carbonyl (C=O) groups excluding carboxylic acids is 1. The summed E-state index contributed by atoms with van der Waals surface area (Å²) < 4.78 is 27.3. The number of sulfonamides is 1. The molecule has 6 nitrogen and oxygen atoms in total. The van der Waals surface area contributed by atoms with E-state index in [2.05, 4.69) is 10.3 Å². The Hall–Kier alpha value is -3.29. The van der Waals surface area contributed by atoms with Crippen molar-refractivity contribution in [2.45, 2.75) is 24.7 Å². The molecule has 3 aromatic rings. The number of anilines is 1. The van der Waals surface area contributed by atoms with Gasteiger partial charge in [-0.15, -0.1) is 0 Å². The van der Waals surface area contributed by atoms with Crippen LogP contribution in [-0.4, -0.2) is 36.7 Å². The van der Waals surface area contributed by atoms with Gasteiger partial charge in [-0.2, -0.15) is 4.31 Å². The fraction of sp³-hybridized carbons (Fsp3) is 0.200. The normalized spacial score (nSPS) is 14.7. The lowest BCUT2D eigenvalue weighted by atomic mass is 10.1. The average molecular weight is 448 g/mol. The number of amides is 1. The smallest absolute Gasteiger partial charge is 0.255 e. The zero-order valence-electron chi connectivity index (χ0n) is 17.9. The van der Waals surface area contributed by atoms with Crippen molar-refractivity contribution in [2.24, 2.45) is 0 Å². The fourth-order valence-corrected chi connectivity index (χ4v) is 5.20. The van der Waals surface area contributed by atoms with Gasteiger partial charge in [0.05, 0.1) is 10.6 Å². The number of benzene rings is 2. The molecule has 0 unspecified atom stereocenters. The second-order valence-corrected chi connectivity index (χ2v) is 9.69. The molecule has 2 heterocycles. The molecule has 0 radical (unpaired) electrons. The van der Waals surface area contributed by atoms with Gasteiger partial charge in [-0.05, 0) is 73.4 Å². The summed E-state index contributed by atoms with van der Waals surface area (Å²) in [6, 6.07) is 17.9. The van der Waals surface area contributed by atoms with Crippen LogP contribution in [0.15, 0.2) is 71.8 Å². The molecule has 164 valence electrons. The van der Waals surface area contributed by atoms with Gasteiger partial charge in [0.25, 0.3) is 5.91 Å². The molecule has 1 amide bonds. The molecule has 7 heteroatoms. The SMILES string of the molecule is Cc1ccc(S(=O)(=O)N2CCCC2)cc1C(=O)Nc1cccc(C=Cc2ccccn2)c1. The molecule has 1 aliphatic rings. The van der Waals surface area contributed by atoms with Crippen molar-refractivity contribution in [1.29, 1.82) is 0 Å². The zero-order chi connectivity index (χ0) is 22.6. The molecule has 1 aromatic heterocycles. The van der Waals surface area contributed by atoms with Crippen molar-refractivity contribution in [3.05, 3.63) is 89.2 Å². The van der Waals surface area contributed by atoms with Crippen LogP contribution < -0.4 is 5.32 Å². The first-order valence-corrected chi connectivity index (χ1v) is 12.0. The van der Waals surface area contributed by atoms with Gasteiger partial charge in [0, 0.05) is 30.5 Å². The third-order valence-corrected chi connectivity index (χ3v) is 7.33. The number of pyridine rings is 1. The lowest BCUT2D eigenvalue weighted by Crippen LogP contribution is -2.28. The lowest BCUT2D eigenvalue weighted by Gasteiger charge is -2.17. The van der Waals surface area contributed by atoms with Crippen LogP contribution in [-0.2, 0) is 10.0 Å². The van der Waals surface area contributed by atoms with Gasteiger partial charge < -0.3 is 5.32 Å². The topological polar surface area (TPSA) is 79.4 Å². The molecular formula is C25H25N3O3S. The van der Waals surface area contributed by atoms with Crippen LogP contribution >= 0.6 is 0 Å². The number of nitrogens with one attached hydrogen (secondary N) is 1. The van der Waals surface area contributed by atoms with E-state index >= 15 is 0 Å². The van der Waals surface area contributed by atoms with Gasteiger partial charge in [0.15, 0.2) is 0 Å². The van der Waals surface area contributed by atoms with E-state index in [4.69, 9.17) is 0 Å². The second kappa shape index (κ2) is 9.46. The molecule has 0 spiro atoms. The molecule has 0 bridgehead atoms. The van der Waals surface area contributed by atoms with E-state index in [9.17, 15) is 13.2 Å². The van der Waals surface area contributed by atoms with Gasteiger partial charge >= 0.3 is 0 Å². The van der Waals surface area contributed by atoms with Crippen molar-refractivity contribution in [3.8, 4) is 0 Å². The Morgan fingerprint density at radius 1 is 1.00 bits per heavy atom. The third-order valence-electron chi connectivity index (χ3n) is 5.44. The summed E-state index contributed by atoms with van der Waals surface area (Å²) >= 11 is 0. The Kier molecular flexibility index (Phi) is 6.48. The molecule has 0 aliphatic carbocycles. The van der Waals surface area contributed by atoms with Gasteiger partial charge in [-0.3, -0.25) is 9.78 Å². The Bertz CT molecular complexity index is 1250. The van der Waals surface area contributed by atoms with E-state index < -0.39 is 10.0 Å². The Balaban J connectivity index is 1.53. The van der Waals surface area contributed by atoms with Crippen molar-refractivity contribution in [3.63, 3.8) is 0 Å². The largest absolute Gasteiger partial charge is 0.322 e. The van der Waals surface area contributed by atoms with Gasteiger partial charge in [-0.25, -0.2) is 8.42 Å². The molecule has 1 saturated heterocycles. The molecular weight excluding hydrogens is 422 g/mol. The van der Waals surface area contributed by atoms with E-state index in [1.54, 1.807) is 31.3 Å². The number of hydrogen-bond donors (Lipinski definition) is 1. The highest BCUT2D eigenvalue weighted by atomic mass is 32.2. The predicted molar refractivity (Wildman–Crippen MR) is 127 cm³/mol. The van der Waals surface area contributed by atoms with Crippen LogP contribution in [0.3, 0.4) is 0 Å². The minimum absolute atomic E-state index is 0.155. The number of aromatic nitrogens is 1. The van der Waals surface area contributed by atoms with Gasteiger partial charge in [0.1, 0.15) is 0 Å². The van der Waals surface area contributed by atoms with Crippen LogP contribution in [0.25, 0.3) is 12.2 Å². The third kappa shape index (κ3) is 4.95. The summed E-state index contributed by atoms with van der Waals surface area (Å²) in [6.45, 7) is 2.85. The first-order chi connectivity index (χ1) is 15.4. The standard InChI is InChI=1S/C25H25N3O3S/c1-19-10-13-23(32(30,31)28-15-4-5-16-28)18-24(19)25(29)27-22-9-6-7-20(17-22)11-12-21-8-2-3-14-26-21/h2-3,6-14,17-18H,4-5,15-16H2,1H3,(H,27,29). The average Bonchev–Trinajstić information content (AvgIpc) is 3.35. The van der Waals surface area contributed by atoms with Gasteiger partial charge in [-0.1, -0.05) is 30.3 Å².